The molecule has 1 aromatic heterocycles. The fourth-order valence-corrected chi connectivity index (χ4v) is 1.82. The molecule has 0 radical (unpaired) electrons. The lowest BCUT2D eigenvalue weighted by atomic mass is 10.1. The number of carboxylic acids is 1. The largest absolute Gasteiger partial charge is 0.481 e. The van der Waals surface area contributed by atoms with Crippen LogP contribution < -0.4 is 11.1 Å². The van der Waals surface area contributed by atoms with E-state index in [0.717, 1.165) is 10.9 Å². The molecule has 0 fully saturated rings. The number of anilines is 1. The SMILES string of the molecule is Nc1ccc2nc(CC(=O)NCCC(=O)O)ccc2c1. The number of aromatic nitrogens is 1. The van der Waals surface area contributed by atoms with Crippen LogP contribution in [0.5, 0.6) is 0 Å². The molecule has 104 valence electrons. The van der Waals surface area contributed by atoms with Gasteiger partial charge in [0.2, 0.25) is 5.91 Å². The molecule has 0 aliphatic carbocycles. The highest BCUT2D eigenvalue weighted by Gasteiger charge is 2.06. The zero-order valence-corrected chi connectivity index (χ0v) is 10.8. The molecule has 0 saturated carbocycles. The molecule has 4 N–H and O–H groups in total. The summed E-state index contributed by atoms with van der Waals surface area (Å²) in [6, 6.07) is 9.00. The normalized spacial score (nSPS) is 10.4. The Morgan fingerprint density at radius 3 is 2.80 bits per heavy atom. The lowest BCUT2D eigenvalue weighted by molar-refractivity contribution is -0.136. The number of carbonyl (C=O) groups is 2. The Morgan fingerprint density at radius 2 is 2.05 bits per heavy atom. The fourth-order valence-electron chi connectivity index (χ4n) is 1.82. The third-order valence-electron chi connectivity index (χ3n) is 2.77. The number of fused-ring (bicyclic) bond motifs is 1. The van der Waals surface area contributed by atoms with Crippen molar-refractivity contribution < 1.29 is 14.7 Å². The van der Waals surface area contributed by atoms with Crippen molar-refractivity contribution in [3.63, 3.8) is 0 Å². The summed E-state index contributed by atoms with van der Waals surface area (Å²) < 4.78 is 0. The van der Waals surface area contributed by atoms with E-state index in [9.17, 15) is 9.59 Å². The Kier molecular flexibility index (Phi) is 4.14. The van der Waals surface area contributed by atoms with E-state index in [4.69, 9.17) is 10.8 Å². The van der Waals surface area contributed by atoms with Crippen molar-refractivity contribution in [2.45, 2.75) is 12.8 Å². The molecule has 0 spiro atoms. The monoisotopic (exact) mass is 273 g/mol. The van der Waals surface area contributed by atoms with Gasteiger partial charge in [-0.2, -0.15) is 0 Å². The smallest absolute Gasteiger partial charge is 0.305 e. The highest BCUT2D eigenvalue weighted by molar-refractivity contribution is 5.83. The third-order valence-corrected chi connectivity index (χ3v) is 2.77. The van der Waals surface area contributed by atoms with Crippen molar-refractivity contribution in [3.8, 4) is 0 Å². The Bertz CT molecular complexity index is 655. The van der Waals surface area contributed by atoms with E-state index in [-0.39, 0.29) is 25.3 Å². The average molecular weight is 273 g/mol. The number of nitrogen functional groups attached to an aromatic ring is 1. The molecule has 0 atom stereocenters. The Morgan fingerprint density at radius 1 is 1.25 bits per heavy atom. The molecular formula is C14H15N3O3. The molecule has 0 unspecified atom stereocenters. The van der Waals surface area contributed by atoms with E-state index in [0.29, 0.717) is 11.4 Å². The molecule has 2 aromatic rings. The van der Waals surface area contributed by atoms with Gasteiger partial charge in [0.05, 0.1) is 24.1 Å². The molecule has 6 nitrogen and oxygen atoms in total. The van der Waals surface area contributed by atoms with Gasteiger partial charge in [-0.15, -0.1) is 0 Å². The zero-order valence-electron chi connectivity index (χ0n) is 10.8. The fraction of sp³-hybridized carbons (Fsp3) is 0.214. The highest BCUT2D eigenvalue weighted by atomic mass is 16.4. The summed E-state index contributed by atoms with van der Waals surface area (Å²) in [5.41, 5.74) is 7.75. The van der Waals surface area contributed by atoms with Crippen molar-refractivity contribution in [3.05, 3.63) is 36.0 Å². The first kappa shape index (κ1) is 13.8. The van der Waals surface area contributed by atoms with Gasteiger partial charge in [-0.1, -0.05) is 6.07 Å². The molecule has 0 aliphatic rings. The van der Waals surface area contributed by atoms with Gasteiger partial charge < -0.3 is 16.2 Å². The number of carboxylic acid groups (broad SMARTS) is 1. The maximum atomic E-state index is 11.6. The maximum Gasteiger partial charge on any atom is 0.305 e. The van der Waals surface area contributed by atoms with Crippen molar-refractivity contribution >= 4 is 28.5 Å². The molecule has 20 heavy (non-hydrogen) atoms. The second-order valence-corrected chi connectivity index (χ2v) is 4.43. The summed E-state index contributed by atoms with van der Waals surface area (Å²) in [5, 5.41) is 11.9. The van der Waals surface area contributed by atoms with Crippen LogP contribution in [-0.4, -0.2) is 28.5 Å². The molecule has 2 rings (SSSR count). The second kappa shape index (κ2) is 6.01. The van der Waals surface area contributed by atoms with E-state index < -0.39 is 5.97 Å². The third kappa shape index (κ3) is 3.68. The van der Waals surface area contributed by atoms with Gasteiger partial charge in [-0.25, -0.2) is 0 Å². The number of pyridine rings is 1. The molecule has 6 heteroatoms. The number of amides is 1. The quantitative estimate of drug-likeness (QED) is 0.703. The van der Waals surface area contributed by atoms with Crippen LogP contribution in [0.25, 0.3) is 10.9 Å². The number of hydrogen-bond acceptors (Lipinski definition) is 4. The van der Waals surface area contributed by atoms with E-state index in [1.165, 1.54) is 0 Å². The van der Waals surface area contributed by atoms with Gasteiger partial charge in [0.15, 0.2) is 0 Å². The van der Waals surface area contributed by atoms with Crippen molar-refractivity contribution in [1.29, 1.82) is 0 Å². The number of hydrogen-bond donors (Lipinski definition) is 3. The maximum absolute atomic E-state index is 11.6. The number of nitrogens with zero attached hydrogens (tertiary/aromatic N) is 1. The van der Waals surface area contributed by atoms with Gasteiger partial charge >= 0.3 is 5.97 Å². The first-order valence-corrected chi connectivity index (χ1v) is 6.18. The van der Waals surface area contributed by atoms with E-state index in [2.05, 4.69) is 10.3 Å². The van der Waals surface area contributed by atoms with E-state index >= 15 is 0 Å². The summed E-state index contributed by atoms with van der Waals surface area (Å²) in [7, 11) is 0. The van der Waals surface area contributed by atoms with Crippen LogP contribution in [0, 0.1) is 0 Å². The van der Waals surface area contributed by atoms with Crippen LogP contribution in [0.15, 0.2) is 30.3 Å². The van der Waals surface area contributed by atoms with Crippen LogP contribution in [-0.2, 0) is 16.0 Å². The average Bonchev–Trinajstić information content (AvgIpc) is 2.38. The number of rotatable bonds is 5. The van der Waals surface area contributed by atoms with Crippen molar-refractivity contribution in [2.75, 3.05) is 12.3 Å². The highest BCUT2D eigenvalue weighted by Crippen LogP contribution is 2.16. The lowest BCUT2D eigenvalue weighted by Gasteiger charge is -2.05. The summed E-state index contributed by atoms with van der Waals surface area (Å²) in [4.78, 5) is 26.3. The standard InChI is InChI=1S/C14H15N3O3/c15-10-2-4-12-9(7-10)1-3-11(17-12)8-13(18)16-6-5-14(19)20/h1-4,7H,5-6,8,15H2,(H,16,18)(H,19,20). The Labute approximate surface area is 115 Å². The van der Waals surface area contributed by atoms with Crippen LogP contribution in [0.4, 0.5) is 5.69 Å². The van der Waals surface area contributed by atoms with Crippen LogP contribution in [0.1, 0.15) is 12.1 Å². The number of aliphatic carboxylic acids is 1. The summed E-state index contributed by atoms with van der Waals surface area (Å²) in [6.45, 7) is 0.123. The molecule has 1 heterocycles. The Balaban J connectivity index is 2.01. The molecule has 1 amide bonds. The van der Waals surface area contributed by atoms with E-state index in [1.54, 1.807) is 18.2 Å². The second-order valence-electron chi connectivity index (χ2n) is 4.43. The lowest BCUT2D eigenvalue weighted by Crippen LogP contribution is -2.27. The first-order chi connectivity index (χ1) is 9.54. The predicted molar refractivity (Wildman–Crippen MR) is 75.1 cm³/mol. The number of benzene rings is 1. The van der Waals surface area contributed by atoms with Gasteiger partial charge in [-0.3, -0.25) is 14.6 Å². The summed E-state index contributed by atoms with van der Waals surface area (Å²) in [5.74, 6) is -1.18. The van der Waals surface area contributed by atoms with Crippen LogP contribution >= 0.6 is 0 Å². The number of nitrogens with one attached hydrogen (secondary N) is 1. The van der Waals surface area contributed by atoms with Crippen molar-refractivity contribution in [1.82, 2.24) is 10.3 Å². The van der Waals surface area contributed by atoms with Gasteiger partial charge in [0.25, 0.3) is 0 Å². The molecule has 0 bridgehead atoms. The molecule has 1 aromatic carbocycles. The minimum absolute atomic E-state index is 0.0871. The van der Waals surface area contributed by atoms with Gasteiger partial charge in [0.1, 0.15) is 0 Å². The van der Waals surface area contributed by atoms with Crippen molar-refractivity contribution in [2.24, 2.45) is 0 Å². The number of carbonyl (C=O) groups excluding carboxylic acids is 1. The van der Waals surface area contributed by atoms with E-state index in [1.807, 2.05) is 12.1 Å². The molecule has 0 aliphatic heterocycles. The van der Waals surface area contributed by atoms with Gasteiger partial charge in [0, 0.05) is 17.6 Å². The summed E-state index contributed by atoms with van der Waals surface area (Å²) in [6.07, 6.45) is 0.0378. The number of nitrogens with two attached hydrogens (primary N) is 1. The Hall–Kier alpha value is -2.63. The molecule has 0 saturated heterocycles. The van der Waals surface area contributed by atoms with Crippen LogP contribution in [0.3, 0.4) is 0 Å². The topological polar surface area (TPSA) is 105 Å². The zero-order chi connectivity index (χ0) is 14.5. The summed E-state index contributed by atoms with van der Waals surface area (Å²) >= 11 is 0. The van der Waals surface area contributed by atoms with Gasteiger partial charge in [-0.05, 0) is 24.3 Å². The van der Waals surface area contributed by atoms with Crippen LogP contribution in [0.2, 0.25) is 0 Å². The molecular weight excluding hydrogens is 258 g/mol. The first-order valence-electron chi connectivity index (χ1n) is 6.18. The minimum atomic E-state index is -0.938. The minimum Gasteiger partial charge on any atom is -0.481 e. The predicted octanol–water partition coefficient (Wildman–Crippen LogP) is 0.950.